The molecule has 1 unspecified atom stereocenters. The summed E-state index contributed by atoms with van der Waals surface area (Å²) in [6, 6.07) is 4.22. The van der Waals surface area contributed by atoms with E-state index in [0.29, 0.717) is 17.9 Å². The average Bonchev–Trinajstić information content (AvgIpc) is 2.43. The van der Waals surface area contributed by atoms with Gasteiger partial charge in [-0.1, -0.05) is 26.8 Å². The molecule has 3 heteroatoms. The van der Waals surface area contributed by atoms with E-state index in [-0.39, 0.29) is 5.92 Å². The van der Waals surface area contributed by atoms with E-state index >= 15 is 0 Å². The first kappa shape index (κ1) is 16.4. The van der Waals surface area contributed by atoms with Crippen LogP contribution in [0.15, 0.2) is 18.2 Å². The van der Waals surface area contributed by atoms with Crippen LogP contribution in [0.1, 0.15) is 57.9 Å². The van der Waals surface area contributed by atoms with Gasteiger partial charge in [-0.2, -0.15) is 0 Å². The lowest BCUT2D eigenvalue weighted by atomic mass is 9.66. The topological polar surface area (TPSA) is 26.0 Å². The van der Waals surface area contributed by atoms with Gasteiger partial charge in [0.1, 0.15) is 0 Å². The molecule has 0 bridgehead atoms. The molecule has 118 valence electrons. The molecule has 0 radical (unpaired) electrons. The van der Waals surface area contributed by atoms with Gasteiger partial charge >= 0.3 is 0 Å². The minimum Gasteiger partial charge on any atom is -0.330 e. The van der Waals surface area contributed by atoms with Crippen molar-refractivity contribution in [2.24, 2.45) is 23.0 Å². The van der Waals surface area contributed by atoms with Crippen LogP contribution in [0.3, 0.4) is 0 Å². The fraction of sp³-hybridized carbons (Fsp3) is 0.667. The second-order valence-electron chi connectivity index (χ2n) is 7.49. The van der Waals surface area contributed by atoms with Gasteiger partial charge in [0.2, 0.25) is 0 Å². The molecule has 1 aromatic rings. The Morgan fingerprint density at radius 2 is 1.71 bits per heavy atom. The van der Waals surface area contributed by atoms with Gasteiger partial charge in [0.25, 0.3) is 0 Å². The molecule has 1 aromatic carbocycles. The molecule has 0 aromatic heterocycles. The van der Waals surface area contributed by atoms with Crippen LogP contribution in [0.2, 0.25) is 0 Å². The number of benzene rings is 1. The Kier molecular flexibility index (Phi) is 5.03. The van der Waals surface area contributed by atoms with Gasteiger partial charge in [-0.3, -0.25) is 0 Å². The lowest BCUT2D eigenvalue weighted by Crippen LogP contribution is -2.30. The Morgan fingerprint density at radius 1 is 1.10 bits per heavy atom. The molecule has 1 saturated carbocycles. The van der Waals surface area contributed by atoms with Crippen molar-refractivity contribution in [2.45, 2.75) is 52.4 Å². The number of nitrogens with two attached hydrogens (primary N) is 1. The predicted octanol–water partition coefficient (Wildman–Crippen LogP) is 4.86. The highest BCUT2D eigenvalue weighted by molar-refractivity contribution is 5.23. The second-order valence-corrected chi connectivity index (χ2v) is 7.49. The normalized spacial score (nSPS) is 24.9. The first-order valence-electron chi connectivity index (χ1n) is 7.98. The number of hydrogen-bond acceptors (Lipinski definition) is 1. The van der Waals surface area contributed by atoms with E-state index in [1.165, 1.54) is 25.0 Å². The molecule has 1 fully saturated rings. The van der Waals surface area contributed by atoms with Gasteiger partial charge in [-0.25, -0.2) is 8.78 Å². The Morgan fingerprint density at radius 3 is 2.19 bits per heavy atom. The van der Waals surface area contributed by atoms with Crippen molar-refractivity contribution in [3.63, 3.8) is 0 Å². The summed E-state index contributed by atoms with van der Waals surface area (Å²) >= 11 is 0. The number of halogens is 2. The van der Waals surface area contributed by atoms with Crippen LogP contribution < -0.4 is 5.73 Å². The van der Waals surface area contributed by atoms with Crippen molar-refractivity contribution in [2.75, 3.05) is 6.54 Å². The lowest BCUT2D eigenvalue weighted by molar-refractivity contribution is 0.140. The molecule has 0 aliphatic heterocycles. The van der Waals surface area contributed by atoms with E-state index in [4.69, 9.17) is 5.73 Å². The molecule has 2 rings (SSSR count). The molecular formula is C18H27F2N. The summed E-state index contributed by atoms with van der Waals surface area (Å²) in [6.07, 6.45) is 4.66. The van der Waals surface area contributed by atoms with Crippen molar-refractivity contribution >= 4 is 0 Å². The van der Waals surface area contributed by atoms with E-state index in [9.17, 15) is 8.78 Å². The molecule has 0 amide bonds. The third-order valence-corrected chi connectivity index (χ3v) is 5.19. The number of rotatable bonds is 3. The molecule has 0 heterocycles. The Labute approximate surface area is 126 Å². The van der Waals surface area contributed by atoms with Gasteiger partial charge in [-0.15, -0.1) is 0 Å². The molecule has 1 atom stereocenters. The van der Waals surface area contributed by atoms with Crippen LogP contribution in [-0.2, 0) is 0 Å². The van der Waals surface area contributed by atoms with Gasteiger partial charge in [0.15, 0.2) is 11.6 Å². The molecule has 2 N–H and O–H groups in total. The molecule has 0 saturated heterocycles. The maximum absolute atomic E-state index is 13.4. The van der Waals surface area contributed by atoms with Crippen LogP contribution in [0, 0.1) is 28.9 Å². The molecule has 1 aliphatic carbocycles. The highest BCUT2D eigenvalue weighted by Gasteiger charge is 2.33. The van der Waals surface area contributed by atoms with Crippen LogP contribution in [0.4, 0.5) is 8.78 Å². The van der Waals surface area contributed by atoms with Crippen LogP contribution >= 0.6 is 0 Å². The van der Waals surface area contributed by atoms with Crippen LogP contribution in [0.5, 0.6) is 0 Å². The highest BCUT2D eigenvalue weighted by atomic mass is 19.2. The summed E-state index contributed by atoms with van der Waals surface area (Å²) in [5, 5.41) is 0. The molecular weight excluding hydrogens is 268 g/mol. The zero-order chi connectivity index (χ0) is 15.6. The first-order valence-corrected chi connectivity index (χ1v) is 7.98. The Balaban J connectivity index is 2.07. The predicted molar refractivity (Wildman–Crippen MR) is 83.1 cm³/mol. The first-order chi connectivity index (χ1) is 9.82. The van der Waals surface area contributed by atoms with E-state index < -0.39 is 11.6 Å². The summed E-state index contributed by atoms with van der Waals surface area (Å²) < 4.78 is 26.5. The van der Waals surface area contributed by atoms with Crippen molar-refractivity contribution in [3.05, 3.63) is 35.4 Å². The molecule has 1 nitrogen and oxygen atoms in total. The quantitative estimate of drug-likeness (QED) is 0.846. The van der Waals surface area contributed by atoms with Gasteiger partial charge in [-0.05, 0) is 73.1 Å². The zero-order valence-electron chi connectivity index (χ0n) is 13.3. The van der Waals surface area contributed by atoms with Gasteiger partial charge < -0.3 is 5.73 Å². The van der Waals surface area contributed by atoms with Crippen molar-refractivity contribution in [1.82, 2.24) is 0 Å². The largest absolute Gasteiger partial charge is 0.330 e. The summed E-state index contributed by atoms with van der Waals surface area (Å²) in [6.45, 7) is 7.39. The standard InChI is InChI=1S/C18H27F2N/c1-18(2,3)14-7-4-12(5-8-14)15(11-21)13-6-9-16(19)17(20)10-13/h6,9-10,12,14-15H,4-5,7-8,11,21H2,1-3H3. The van der Waals surface area contributed by atoms with Crippen LogP contribution in [-0.4, -0.2) is 6.54 Å². The van der Waals surface area contributed by atoms with Crippen molar-refractivity contribution in [3.8, 4) is 0 Å². The fourth-order valence-electron chi connectivity index (χ4n) is 3.73. The summed E-state index contributed by atoms with van der Waals surface area (Å²) in [7, 11) is 0. The van der Waals surface area contributed by atoms with E-state index in [2.05, 4.69) is 20.8 Å². The average molecular weight is 295 g/mol. The van der Waals surface area contributed by atoms with Gasteiger partial charge in [0, 0.05) is 0 Å². The van der Waals surface area contributed by atoms with Crippen LogP contribution in [0.25, 0.3) is 0 Å². The third-order valence-electron chi connectivity index (χ3n) is 5.19. The third kappa shape index (κ3) is 3.82. The second kappa shape index (κ2) is 6.43. The summed E-state index contributed by atoms with van der Waals surface area (Å²) in [5.74, 6) is -0.183. The Hall–Kier alpha value is -0.960. The SMILES string of the molecule is CC(C)(C)C1CCC(C(CN)c2ccc(F)c(F)c2)CC1. The Bertz CT molecular complexity index is 471. The highest BCUT2D eigenvalue weighted by Crippen LogP contribution is 2.43. The number of hydrogen-bond donors (Lipinski definition) is 1. The molecule has 21 heavy (non-hydrogen) atoms. The summed E-state index contributed by atoms with van der Waals surface area (Å²) in [5.41, 5.74) is 7.12. The van der Waals surface area contributed by atoms with Crippen molar-refractivity contribution in [1.29, 1.82) is 0 Å². The maximum Gasteiger partial charge on any atom is 0.159 e. The van der Waals surface area contributed by atoms with Gasteiger partial charge in [0.05, 0.1) is 0 Å². The maximum atomic E-state index is 13.4. The van der Waals surface area contributed by atoms with Crippen molar-refractivity contribution < 1.29 is 8.78 Å². The summed E-state index contributed by atoms with van der Waals surface area (Å²) in [4.78, 5) is 0. The molecule has 0 spiro atoms. The fourth-order valence-corrected chi connectivity index (χ4v) is 3.73. The lowest BCUT2D eigenvalue weighted by Gasteiger charge is -2.39. The minimum absolute atomic E-state index is 0.140. The molecule has 1 aliphatic rings. The monoisotopic (exact) mass is 295 g/mol. The van der Waals surface area contributed by atoms with E-state index in [1.807, 2.05) is 0 Å². The van der Waals surface area contributed by atoms with E-state index in [0.717, 1.165) is 24.3 Å². The van der Waals surface area contributed by atoms with E-state index in [1.54, 1.807) is 6.07 Å². The zero-order valence-corrected chi connectivity index (χ0v) is 13.3. The minimum atomic E-state index is -0.786. The smallest absolute Gasteiger partial charge is 0.159 e.